The molecule has 5 nitrogen and oxygen atoms in total. The van der Waals surface area contributed by atoms with E-state index in [-0.39, 0.29) is 38.4 Å². The summed E-state index contributed by atoms with van der Waals surface area (Å²) in [5.74, 6) is 0.254. The van der Waals surface area contributed by atoms with Gasteiger partial charge >= 0.3 is 0 Å². The Labute approximate surface area is 129 Å². The Balaban J connectivity index is 0. The van der Waals surface area contributed by atoms with Crippen molar-refractivity contribution in [1.82, 2.24) is 4.90 Å². The largest absolute Gasteiger partial charge is 0.371 e. The Morgan fingerprint density at radius 2 is 1.90 bits per heavy atom. The first-order valence-electron chi connectivity index (χ1n) is 6.90. The number of Topliss-reactive ketones (excluding diaryl/α,β-unsaturated/α-hetero) is 1. The van der Waals surface area contributed by atoms with Crippen molar-refractivity contribution in [1.29, 1.82) is 0 Å². The molecule has 0 heterocycles. The van der Waals surface area contributed by atoms with Crippen molar-refractivity contribution in [3.8, 4) is 0 Å². The van der Waals surface area contributed by atoms with Gasteiger partial charge < -0.3 is 14.7 Å². The minimum Gasteiger partial charge on any atom is -0.371 e. The van der Waals surface area contributed by atoms with Gasteiger partial charge in [0.1, 0.15) is 6.79 Å². The maximum absolute atomic E-state index is 11.8. The zero-order valence-corrected chi connectivity index (χ0v) is 13.0. The van der Waals surface area contributed by atoms with Crippen LogP contribution in [0.4, 0.5) is 0 Å². The Morgan fingerprint density at radius 1 is 1.33 bits per heavy atom. The second kappa shape index (κ2) is 11.5. The van der Waals surface area contributed by atoms with Crippen molar-refractivity contribution in [2.24, 2.45) is 11.8 Å². The maximum Gasteiger partial charge on any atom is 0.219 e. The highest BCUT2D eigenvalue weighted by atomic mass is 16.6. The maximum atomic E-state index is 11.8. The van der Waals surface area contributed by atoms with Gasteiger partial charge in [-0.05, 0) is 12.3 Å². The summed E-state index contributed by atoms with van der Waals surface area (Å²) in [5, 5.41) is 8.73. The van der Waals surface area contributed by atoms with Gasteiger partial charge in [0, 0.05) is 26.3 Å². The average Bonchev–Trinajstić information content (AvgIpc) is 2.37. The van der Waals surface area contributed by atoms with Crippen LogP contribution in [-0.4, -0.2) is 48.7 Å². The molecule has 124 valence electrons. The van der Waals surface area contributed by atoms with Crippen molar-refractivity contribution in [2.75, 3.05) is 27.0 Å². The van der Waals surface area contributed by atoms with E-state index < -0.39 is 0 Å². The standard InChI is InChI=1S/C15H27NO4.CH4/c1-11(2)12(3)14(9-20-10-17)6-7-15(19)8-16(5)13(4)18;/h11,14,17H,3,6-10H2,1-2,4-5H3;1H4. The third-order valence-corrected chi connectivity index (χ3v) is 3.40. The smallest absolute Gasteiger partial charge is 0.219 e. The number of aliphatic hydroxyl groups excluding tert-OH is 1. The van der Waals surface area contributed by atoms with Crippen LogP contribution in [0.2, 0.25) is 0 Å². The molecule has 1 N–H and O–H groups in total. The number of ether oxygens (including phenoxy) is 1. The van der Waals surface area contributed by atoms with Gasteiger partial charge in [0.2, 0.25) is 5.91 Å². The zero-order valence-electron chi connectivity index (χ0n) is 13.0. The minimum absolute atomic E-state index is 0. The van der Waals surface area contributed by atoms with Crippen LogP contribution in [0.25, 0.3) is 0 Å². The lowest BCUT2D eigenvalue weighted by atomic mass is 9.88. The predicted molar refractivity (Wildman–Crippen MR) is 84.8 cm³/mol. The van der Waals surface area contributed by atoms with Crippen LogP contribution in [0, 0.1) is 11.8 Å². The molecule has 21 heavy (non-hydrogen) atoms. The molecule has 0 aromatic rings. The molecule has 0 saturated heterocycles. The van der Waals surface area contributed by atoms with Crippen LogP contribution in [-0.2, 0) is 14.3 Å². The molecular weight excluding hydrogens is 270 g/mol. The Hall–Kier alpha value is -1.20. The molecule has 0 aromatic heterocycles. The molecule has 5 heteroatoms. The molecule has 0 rings (SSSR count). The summed E-state index contributed by atoms with van der Waals surface area (Å²) in [5.41, 5.74) is 1.02. The fraction of sp³-hybridized carbons (Fsp3) is 0.750. The molecule has 0 fully saturated rings. The molecule has 0 bridgehead atoms. The van der Waals surface area contributed by atoms with E-state index in [1.54, 1.807) is 7.05 Å². The highest BCUT2D eigenvalue weighted by Gasteiger charge is 2.18. The second-order valence-electron chi connectivity index (χ2n) is 5.38. The third kappa shape index (κ3) is 9.37. The fourth-order valence-electron chi connectivity index (χ4n) is 1.83. The number of nitrogens with zero attached hydrogens (tertiary/aromatic N) is 1. The number of hydrogen-bond donors (Lipinski definition) is 1. The van der Waals surface area contributed by atoms with E-state index in [4.69, 9.17) is 9.84 Å². The molecule has 1 unspecified atom stereocenters. The topological polar surface area (TPSA) is 66.8 Å². The van der Waals surface area contributed by atoms with Crippen LogP contribution >= 0.6 is 0 Å². The summed E-state index contributed by atoms with van der Waals surface area (Å²) in [6.07, 6.45) is 1.00. The van der Waals surface area contributed by atoms with Crippen LogP contribution in [0.5, 0.6) is 0 Å². The molecular formula is C16H31NO4. The molecule has 1 atom stereocenters. The lowest BCUT2D eigenvalue weighted by Gasteiger charge is -2.22. The highest BCUT2D eigenvalue weighted by Crippen LogP contribution is 2.23. The van der Waals surface area contributed by atoms with Crippen molar-refractivity contribution in [3.63, 3.8) is 0 Å². The Bertz CT molecular complexity index is 339. The van der Waals surface area contributed by atoms with E-state index in [2.05, 4.69) is 6.58 Å². The van der Waals surface area contributed by atoms with Gasteiger partial charge in [0.25, 0.3) is 0 Å². The van der Waals surface area contributed by atoms with Gasteiger partial charge in [-0.15, -0.1) is 0 Å². The summed E-state index contributed by atoms with van der Waals surface area (Å²) >= 11 is 0. The number of aliphatic hydroxyl groups is 1. The fourth-order valence-corrected chi connectivity index (χ4v) is 1.83. The molecule has 0 aromatic carbocycles. The highest BCUT2D eigenvalue weighted by molar-refractivity contribution is 5.85. The third-order valence-electron chi connectivity index (χ3n) is 3.40. The van der Waals surface area contributed by atoms with E-state index in [0.717, 1.165) is 5.57 Å². The first-order chi connectivity index (χ1) is 9.29. The number of carbonyl (C=O) groups excluding carboxylic acids is 2. The molecule has 0 aliphatic heterocycles. The summed E-state index contributed by atoms with van der Waals surface area (Å²) in [7, 11) is 1.61. The first kappa shape index (κ1) is 22.1. The van der Waals surface area contributed by atoms with Crippen LogP contribution in [0.15, 0.2) is 12.2 Å². The number of likely N-dealkylation sites (N-methyl/N-ethyl adjacent to an activating group) is 1. The second-order valence-corrected chi connectivity index (χ2v) is 5.38. The minimum atomic E-state index is -0.330. The SMILES string of the molecule is C.C=C(C(C)C)C(CCC(=O)CN(C)C(C)=O)COCO. The quantitative estimate of drug-likeness (QED) is 0.496. The zero-order chi connectivity index (χ0) is 15.7. The molecule has 0 radical (unpaired) electrons. The van der Waals surface area contributed by atoms with Crippen molar-refractivity contribution >= 4 is 11.7 Å². The number of hydrogen-bond acceptors (Lipinski definition) is 4. The average molecular weight is 301 g/mol. The van der Waals surface area contributed by atoms with E-state index in [9.17, 15) is 9.59 Å². The lowest BCUT2D eigenvalue weighted by Crippen LogP contribution is -2.30. The number of ketones is 1. The normalized spacial score (nSPS) is 11.7. The number of carbonyl (C=O) groups is 2. The Kier molecular flexibility index (Phi) is 12.1. The van der Waals surface area contributed by atoms with Gasteiger partial charge in [0.05, 0.1) is 13.2 Å². The summed E-state index contributed by atoms with van der Waals surface area (Å²) < 4.78 is 5.04. The van der Waals surface area contributed by atoms with Gasteiger partial charge in [0.15, 0.2) is 5.78 Å². The van der Waals surface area contributed by atoms with Crippen LogP contribution < -0.4 is 0 Å². The number of amides is 1. The molecule has 0 aliphatic rings. The van der Waals surface area contributed by atoms with Gasteiger partial charge in [-0.2, -0.15) is 0 Å². The van der Waals surface area contributed by atoms with Gasteiger partial charge in [-0.3, -0.25) is 9.59 Å². The van der Waals surface area contributed by atoms with E-state index in [1.165, 1.54) is 11.8 Å². The van der Waals surface area contributed by atoms with Gasteiger partial charge in [-0.25, -0.2) is 0 Å². The van der Waals surface area contributed by atoms with Crippen LogP contribution in [0.1, 0.15) is 41.0 Å². The van der Waals surface area contributed by atoms with Crippen molar-refractivity contribution in [2.45, 2.75) is 41.0 Å². The van der Waals surface area contributed by atoms with E-state index >= 15 is 0 Å². The summed E-state index contributed by atoms with van der Waals surface area (Å²) in [6.45, 7) is 9.73. The number of rotatable bonds is 10. The lowest BCUT2D eigenvalue weighted by molar-refractivity contribution is -0.132. The van der Waals surface area contributed by atoms with E-state index in [1.807, 2.05) is 13.8 Å². The monoisotopic (exact) mass is 301 g/mol. The van der Waals surface area contributed by atoms with Gasteiger partial charge in [-0.1, -0.05) is 33.4 Å². The van der Waals surface area contributed by atoms with Crippen molar-refractivity contribution in [3.05, 3.63) is 12.2 Å². The Morgan fingerprint density at radius 3 is 2.33 bits per heavy atom. The summed E-state index contributed by atoms with van der Waals surface area (Å²) in [6, 6.07) is 0. The molecule has 0 spiro atoms. The predicted octanol–water partition coefficient (Wildman–Crippen LogP) is 2.24. The van der Waals surface area contributed by atoms with E-state index in [0.29, 0.717) is 25.4 Å². The first-order valence-corrected chi connectivity index (χ1v) is 6.90. The summed E-state index contributed by atoms with van der Waals surface area (Å²) in [4.78, 5) is 24.3. The molecule has 1 amide bonds. The molecule has 0 saturated carbocycles. The van der Waals surface area contributed by atoms with Crippen LogP contribution in [0.3, 0.4) is 0 Å². The molecule has 0 aliphatic carbocycles. The van der Waals surface area contributed by atoms with Crippen molar-refractivity contribution < 1.29 is 19.4 Å².